The second-order valence-electron chi connectivity index (χ2n) is 6.92. The lowest BCUT2D eigenvalue weighted by Gasteiger charge is -2.32. The molecule has 1 fully saturated rings. The summed E-state index contributed by atoms with van der Waals surface area (Å²) in [5, 5.41) is 1.79. The van der Waals surface area contributed by atoms with Gasteiger partial charge >= 0.3 is 0 Å². The van der Waals surface area contributed by atoms with Crippen molar-refractivity contribution in [3.63, 3.8) is 0 Å². The van der Waals surface area contributed by atoms with E-state index in [-0.39, 0.29) is 11.7 Å². The van der Waals surface area contributed by atoms with Crippen molar-refractivity contribution in [3.8, 4) is 0 Å². The van der Waals surface area contributed by atoms with Gasteiger partial charge in [-0.1, -0.05) is 12.1 Å². The molecule has 4 rings (SSSR count). The zero-order valence-electron chi connectivity index (χ0n) is 14.7. The summed E-state index contributed by atoms with van der Waals surface area (Å²) in [6, 6.07) is 9.75. The largest absolute Gasteiger partial charge is 0.342 e. The fourth-order valence-electron chi connectivity index (χ4n) is 3.61. The van der Waals surface area contributed by atoms with Crippen molar-refractivity contribution < 1.29 is 9.59 Å². The van der Waals surface area contributed by atoms with Gasteiger partial charge in [0, 0.05) is 24.9 Å². The summed E-state index contributed by atoms with van der Waals surface area (Å²) in [4.78, 5) is 34.8. The molecule has 1 N–H and O–H groups in total. The Hall–Kier alpha value is -2.47. The summed E-state index contributed by atoms with van der Waals surface area (Å²) in [7, 11) is 0. The van der Waals surface area contributed by atoms with E-state index in [4.69, 9.17) is 0 Å². The van der Waals surface area contributed by atoms with Gasteiger partial charge in [0.25, 0.3) is 5.91 Å². The van der Waals surface area contributed by atoms with E-state index in [0.717, 1.165) is 49.2 Å². The highest BCUT2D eigenvalue weighted by Gasteiger charge is 2.26. The molecule has 134 valence electrons. The predicted molar refractivity (Wildman–Crippen MR) is 103 cm³/mol. The molecule has 6 heteroatoms. The molecule has 5 nitrogen and oxygen atoms in total. The molecule has 0 saturated carbocycles. The number of hydrogen-bond donors (Lipinski definition) is 1. The molecule has 1 amide bonds. The number of ketones is 1. The molecular weight excluding hydrogens is 346 g/mol. The number of benzene rings is 1. The first-order chi connectivity index (χ1) is 12.6. The molecule has 0 radical (unpaired) electrons. The normalized spacial score (nSPS) is 17.6. The number of Topliss-reactive ketones (excluding diaryl/α,β-unsaturated/α-hetero) is 1. The highest BCUT2D eigenvalue weighted by Crippen LogP contribution is 2.24. The number of para-hydroxylation sites is 2. The van der Waals surface area contributed by atoms with Crippen LogP contribution in [0.25, 0.3) is 11.0 Å². The first-order valence-electron chi connectivity index (χ1n) is 8.92. The Kier molecular flexibility index (Phi) is 4.59. The third-order valence-corrected chi connectivity index (χ3v) is 5.95. The van der Waals surface area contributed by atoms with E-state index in [1.807, 2.05) is 29.2 Å². The highest BCUT2D eigenvalue weighted by molar-refractivity contribution is 7.12. The number of aromatic nitrogens is 2. The van der Waals surface area contributed by atoms with Crippen molar-refractivity contribution >= 4 is 34.1 Å². The van der Waals surface area contributed by atoms with Crippen molar-refractivity contribution in [3.05, 3.63) is 52.0 Å². The summed E-state index contributed by atoms with van der Waals surface area (Å²) in [5.41, 5.74) is 2.67. The first-order valence-corrected chi connectivity index (χ1v) is 9.80. The third kappa shape index (κ3) is 3.42. The Morgan fingerprint density at radius 1 is 1.35 bits per heavy atom. The van der Waals surface area contributed by atoms with Gasteiger partial charge in [-0.25, -0.2) is 4.98 Å². The number of imidazole rings is 1. The monoisotopic (exact) mass is 367 g/mol. The van der Waals surface area contributed by atoms with Crippen molar-refractivity contribution in [2.45, 2.75) is 26.2 Å². The maximum atomic E-state index is 12.8. The van der Waals surface area contributed by atoms with E-state index in [1.165, 1.54) is 18.3 Å². The molecular formula is C20H21N3O2S. The van der Waals surface area contributed by atoms with Crippen LogP contribution in [0.5, 0.6) is 0 Å². The van der Waals surface area contributed by atoms with Gasteiger partial charge in [-0.15, -0.1) is 11.3 Å². The second kappa shape index (κ2) is 7.03. The quantitative estimate of drug-likeness (QED) is 0.711. The number of aromatic amines is 1. The van der Waals surface area contributed by atoms with Crippen LogP contribution in [0.1, 0.15) is 45.6 Å². The Bertz CT molecular complexity index is 926. The number of H-pyrrole nitrogens is 1. The Balaban J connectivity index is 1.44. The average molecular weight is 367 g/mol. The molecule has 0 aliphatic carbocycles. The number of hydrogen-bond acceptors (Lipinski definition) is 4. The summed E-state index contributed by atoms with van der Waals surface area (Å²) in [6.45, 7) is 3.05. The third-order valence-electron chi connectivity index (χ3n) is 4.92. The molecule has 0 spiro atoms. The Morgan fingerprint density at radius 3 is 2.96 bits per heavy atom. The molecule has 3 heterocycles. The van der Waals surface area contributed by atoms with Gasteiger partial charge in [0.15, 0.2) is 5.78 Å². The smallest absolute Gasteiger partial charge is 0.254 e. The minimum absolute atomic E-state index is 0.00968. The highest BCUT2D eigenvalue weighted by atomic mass is 32.1. The molecule has 1 aliphatic heterocycles. The van der Waals surface area contributed by atoms with E-state index in [9.17, 15) is 9.59 Å². The number of fused-ring (bicyclic) bond motifs is 1. The Labute approximate surface area is 156 Å². The summed E-state index contributed by atoms with van der Waals surface area (Å²) >= 11 is 1.34. The molecule has 1 aliphatic rings. The maximum Gasteiger partial charge on any atom is 0.254 e. The average Bonchev–Trinajstić information content (AvgIpc) is 3.28. The molecule has 0 bridgehead atoms. The van der Waals surface area contributed by atoms with Crippen LogP contribution in [0.3, 0.4) is 0 Å². The predicted octanol–water partition coefficient (Wildman–Crippen LogP) is 3.92. The first kappa shape index (κ1) is 17.0. The Morgan fingerprint density at radius 2 is 2.19 bits per heavy atom. The van der Waals surface area contributed by atoms with Gasteiger partial charge in [-0.3, -0.25) is 9.59 Å². The zero-order chi connectivity index (χ0) is 18.1. The standard InChI is InChI=1S/C20H21N3O2S/c1-13(24)18-10-15(12-26-18)20(25)23-8-4-5-14(11-23)9-19-21-16-6-2-3-7-17(16)22-19/h2-3,6-7,10,12,14H,4-5,8-9,11H2,1H3,(H,21,22). The second-order valence-corrected chi connectivity index (χ2v) is 7.83. The van der Waals surface area contributed by atoms with E-state index in [2.05, 4.69) is 9.97 Å². The summed E-state index contributed by atoms with van der Waals surface area (Å²) in [6.07, 6.45) is 2.95. The van der Waals surface area contributed by atoms with Crippen LogP contribution in [-0.4, -0.2) is 39.6 Å². The van der Waals surface area contributed by atoms with Crippen LogP contribution in [0.4, 0.5) is 0 Å². The lowest BCUT2D eigenvalue weighted by molar-refractivity contribution is 0.0673. The van der Waals surface area contributed by atoms with E-state index in [1.54, 1.807) is 11.4 Å². The molecule has 26 heavy (non-hydrogen) atoms. The van der Waals surface area contributed by atoms with Crippen LogP contribution in [0.15, 0.2) is 35.7 Å². The van der Waals surface area contributed by atoms with Gasteiger partial charge in [-0.2, -0.15) is 0 Å². The number of rotatable bonds is 4. The van der Waals surface area contributed by atoms with Crippen LogP contribution >= 0.6 is 11.3 Å². The number of thiophene rings is 1. The minimum atomic E-state index is 0.00968. The number of piperidine rings is 1. The van der Waals surface area contributed by atoms with Gasteiger partial charge < -0.3 is 9.88 Å². The zero-order valence-corrected chi connectivity index (χ0v) is 15.5. The summed E-state index contributed by atoms with van der Waals surface area (Å²) in [5.74, 6) is 1.43. The van der Waals surface area contributed by atoms with Crippen molar-refractivity contribution in [1.29, 1.82) is 0 Å². The fraction of sp³-hybridized carbons (Fsp3) is 0.350. The molecule has 1 aromatic carbocycles. The van der Waals surface area contributed by atoms with Crippen LogP contribution < -0.4 is 0 Å². The van der Waals surface area contributed by atoms with Gasteiger partial charge in [-0.05, 0) is 43.9 Å². The van der Waals surface area contributed by atoms with Crippen LogP contribution in [0, 0.1) is 5.92 Å². The number of amides is 1. The molecule has 3 aromatic rings. The maximum absolute atomic E-state index is 12.8. The van der Waals surface area contributed by atoms with Crippen LogP contribution in [-0.2, 0) is 6.42 Å². The van der Waals surface area contributed by atoms with E-state index in [0.29, 0.717) is 16.4 Å². The minimum Gasteiger partial charge on any atom is -0.342 e. The van der Waals surface area contributed by atoms with Gasteiger partial charge in [0.2, 0.25) is 0 Å². The van der Waals surface area contributed by atoms with E-state index < -0.39 is 0 Å². The summed E-state index contributed by atoms with van der Waals surface area (Å²) < 4.78 is 0. The van der Waals surface area contributed by atoms with Crippen molar-refractivity contribution in [2.24, 2.45) is 5.92 Å². The molecule has 1 saturated heterocycles. The van der Waals surface area contributed by atoms with Gasteiger partial charge in [0.05, 0.1) is 21.5 Å². The van der Waals surface area contributed by atoms with Crippen molar-refractivity contribution in [2.75, 3.05) is 13.1 Å². The fourth-order valence-corrected chi connectivity index (χ4v) is 4.39. The lowest BCUT2D eigenvalue weighted by atomic mass is 9.94. The lowest BCUT2D eigenvalue weighted by Crippen LogP contribution is -2.40. The molecule has 1 unspecified atom stereocenters. The number of carbonyl (C=O) groups excluding carboxylic acids is 2. The number of nitrogens with zero attached hydrogens (tertiary/aromatic N) is 2. The number of carbonyl (C=O) groups is 2. The number of likely N-dealkylation sites (tertiary alicyclic amines) is 1. The SMILES string of the molecule is CC(=O)c1cc(C(=O)N2CCCC(Cc3nc4ccccc4[nH]3)C2)cs1. The van der Waals surface area contributed by atoms with Gasteiger partial charge in [0.1, 0.15) is 5.82 Å². The molecule has 2 aromatic heterocycles. The number of nitrogens with one attached hydrogen (secondary N) is 1. The van der Waals surface area contributed by atoms with Crippen LogP contribution in [0.2, 0.25) is 0 Å². The van der Waals surface area contributed by atoms with Crippen molar-refractivity contribution in [1.82, 2.24) is 14.9 Å². The van der Waals surface area contributed by atoms with E-state index >= 15 is 0 Å². The molecule has 1 atom stereocenters. The topological polar surface area (TPSA) is 66.1 Å².